The van der Waals surface area contributed by atoms with Crippen LogP contribution in [0.1, 0.15) is 31.8 Å². The van der Waals surface area contributed by atoms with Gasteiger partial charge in [0, 0.05) is 0 Å². The van der Waals surface area contributed by atoms with Gasteiger partial charge in [-0.25, -0.2) is 0 Å². The van der Waals surface area contributed by atoms with Crippen LogP contribution in [0, 0.1) is 6.92 Å². The second-order valence-corrected chi connectivity index (χ2v) is 4.86. The number of aryl methyl sites for hydroxylation is 1. The first kappa shape index (κ1) is 12.4. The maximum atomic E-state index is 12.2. The average molecular weight is 267 g/mol. The zero-order valence-electron chi connectivity index (χ0n) is 11.0. The number of amides is 2. The minimum atomic E-state index is -0.267. The van der Waals surface area contributed by atoms with Gasteiger partial charge in [0.15, 0.2) is 0 Å². The maximum Gasteiger partial charge on any atom is 0.261 e. The fourth-order valence-electron chi connectivity index (χ4n) is 2.38. The summed E-state index contributed by atoms with van der Waals surface area (Å²) >= 11 is 0. The van der Waals surface area contributed by atoms with E-state index in [4.69, 9.17) is 0 Å². The van der Waals surface area contributed by atoms with Crippen LogP contribution >= 0.6 is 0 Å². The molecule has 1 heterocycles. The largest absolute Gasteiger partial charge is 0.508 e. The van der Waals surface area contributed by atoms with Crippen molar-refractivity contribution < 1.29 is 14.7 Å². The van der Waals surface area contributed by atoms with E-state index in [0.29, 0.717) is 11.1 Å². The molecule has 0 bridgehead atoms. The van der Waals surface area contributed by atoms with Crippen LogP contribution in [0.5, 0.6) is 5.75 Å². The van der Waals surface area contributed by atoms with Crippen molar-refractivity contribution in [2.45, 2.75) is 13.5 Å². The van der Waals surface area contributed by atoms with Crippen molar-refractivity contribution in [1.29, 1.82) is 0 Å². The number of fused-ring (bicyclic) bond motifs is 1. The molecule has 0 aliphatic carbocycles. The Labute approximate surface area is 116 Å². The lowest BCUT2D eigenvalue weighted by molar-refractivity contribution is 0.0642. The Hall–Kier alpha value is -2.62. The topological polar surface area (TPSA) is 57.6 Å². The zero-order valence-corrected chi connectivity index (χ0v) is 11.0. The zero-order chi connectivity index (χ0) is 14.3. The average Bonchev–Trinajstić information content (AvgIpc) is 2.69. The summed E-state index contributed by atoms with van der Waals surface area (Å²) in [5.74, 6) is -0.330. The molecule has 2 aromatic carbocycles. The molecule has 0 fully saturated rings. The lowest BCUT2D eigenvalue weighted by Gasteiger charge is -2.14. The summed E-state index contributed by atoms with van der Waals surface area (Å²) in [6, 6.07) is 11.9. The predicted molar refractivity (Wildman–Crippen MR) is 73.5 cm³/mol. The SMILES string of the molecule is Cc1cc(CN2C(=O)c3ccccc3C2=O)ccc1O. The Bertz CT molecular complexity index is 686. The molecule has 4 heteroatoms. The van der Waals surface area contributed by atoms with Gasteiger partial charge in [-0.1, -0.05) is 24.3 Å². The van der Waals surface area contributed by atoms with E-state index in [1.165, 1.54) is 4.90 Å². The first-order valence-electron chi connectivity index (χ1n) is 6.31. The fraction of sp³-hybridized carbons (Fsp3) is 0.125. The van der Waals surface area contributed by atoms with Crippen LogP contribution in [0.3, 0.4) is 0 Å². The number of aromatic hydroxyl groups is 1. The summed E-state index contributed by atoms with van der Waals surface area (Å²) in [5.41, 5.74) is 2.44. The first-order valence-corrected chi connectivity index (χ1v) is 6.31. The molecule has 2 aromatic rings. The van der Waals surface area contributed by atoms with Crippen molar-refractivity contribution in [3.8, 4) is 5.75 Å². The van der Waals surface area contributed by atoms with Crippen LogP contribution in [0.25, 0.3) is 0 Å². The van der Waals surface area contributed by atoms with Crippen LogP contribution in [-0.2, 0) is 6.54 Å². The smallest absolute Gasteiger partial charge is 0.261 e. The molecule has 0 saturated carbocycles. The summed E-state index contributed by atoms with van der Waals surface area (Å²) in [7, 11) is 0. The molecule has 20 heavy (non-hydrogen) atoms. The van der Waals surface area contributed by atoms with E-state index in [1.807, 2.05) is 0 Å². The number of phenols is 1. The molecule has 1 N–H and O–H groups in total. The molecule has 0 aromatic heterocycles. The number of phenolic OH excluding ortho intramolecular Hbond substituents is 1. The molecule has 0 atom stereocenters. The Morgan fingerprint density at radius 3 is 2.15 bits per heavy atom. The van der Waals surface area contributed by atoms with Crippen LogP contribution in [0.4, 0.5) is 0 Å². The lowest BCUT2D eigenvalue weighted by atomic mass is 10.1. The summed E-state index contributed by atoms with van der Waals surface area (Å²) in [4.78, 5) is 25.7. The standard InChI is InChI=1S/C16H13NO3/c1-10-8-11(6-7-14(10)18)9-17-15(19)12-4-2-3-5-13(12)16(17)20/h2-8,18H,9H2,1H3. The summed E-state index contributed by atoms with van der Waals surface area (Å²) in [6.45, 7) is 1.99. The van der Waals surface area contributed by atoms with Crippen molar-refractivity contribution in [2.75, 3.05) is 0 Å². The molecule has 0 spiro atoms. The van der Waals surface area contributed by atoms with Crippen molar-refractivity contribution in [2.24, 2.45) is 0 Å². The molecule has 0 saturated heterocycles. The molecular formula is C16H13NO3. The van der Waals surface area contributed by atoms with Crippen molar-refractivity contribution in [1.82, 2.24) is 4.90 Å². The van der Waals surface area contributed by atoms with Crippen LogP contribution in [0.15, 0.2) is 42.5 Å². The number of carbonyl (C=O) groups is 2. The third-order valence-corrected chi connectivity index (χ3v) is 3.48. The third kappa shape index (κ3) is 1.86. The Balaban J connectivity index is 1.91. The summed E-state index contributed by atoms with van der Waals surface area (Å²) in [5, 5.41) is 9.50. The molecule has 0 unspecified atom stereocenters. The number of rotatable bonds is 2. The fourth-order valence-corrected chi connectivity index (χ4v) is 2.38. The van der Waals surface area contributed by atoms with Crippen molar-refractivity contribution in [3.05, 3.63) is 64.7 Å². The van der Waals surface area contributed by atoms with E-state index in [2.05, 4.69) is 0 Å². The van der Waals surface area contributed by atoms with Crippen molar-refractivity contribution in [3.63, 3.8) is 0 Å². The van der Waals surface area contributed by atoms with E-state index < -0.39 is 0 Å². The van der Waals surface area contributed by atoms with Gasteiger partial charge in [0.25, 0.3) is 11.8 Å². The van der Waals surface area contributed by atoms with Gasteiger partial charge in [-0.15, -0.1) is 0 Å². The molecule has 2 amide bonds. The van der Waals surface area contributed by atoms with E-state index in [9.17, 15) is 14.7 Å². The first-order chi connectivity index (χ1) is 9.58. The van der Waals surface area contributed by atoms with Gasteiger partial charge in [0.05, 0.1) is 17.7 Å². The van der Waals surface area contributed by atoms with Gasteiger partial charge in [0.1, 0.15) is 5.75 Å². The molecule has 3 rings (SSSR count). The maximum absolute atomic E-state index is 12.2. The van der Waals surface area contributed by atoms with Gasteiger partial charge in [-0.3, -0.25) is 14.5 Å². The van der Waals surface area contributed by atoms with Gasteiger partial charge in [0.2, 0.25) is 0 Å². The van der Waals surface area contributed by atoms with Crippen LogP contribution in [-0.4, -0.2) is 21.8 Å². The van der Waals surface area contributed by atoms with E-state index >= 15 is 0 Å². The highest BCUT2D eigenvalue weighted by molar-refractivity contribution is 6.21. The number of carbonyl (C=O) groups excluding carboxylic acids is 2. The van der Waals surface area contributed by atoms with Crippen molar-refractivity contribution >= 4 is 11.8 Å². The summed E-state index contributed by atoms with van der Waals surface area (Å²) < 4.78 is 0. The highest BCUT2D eigenvalue weighted by atomic mass is 16.3. The molecular weight excluding hydrogens is 254 g/mol. The van der Waals surface area contributed by atoms with E-state index in [1.54, 1.807) is 49.4 Å². The molecule has 100 valence electrons. The number of hydrogen-bond acceptors (Lipinski definition) is 3. The molecule has 0 radical (unpaired) electrons. The lowest BCUT2D eigenvalue weighted by Crippen LogP contribution is -2.29. The second kappa shape index (κ2) is 4.49. The number of hydrogen-bond donors (Lipinski definition) is 1. The van der Waals surface area contributed by atoms with E-state index in [0.717, 1.165) is 11.1 Å². The number of nitrogens with zero attached hydrogens (tertiary/aromatic N) is 1. The Kier molecular flexibility index (Phi) is 2.79. The van der Waals surface area contributed by atoms with Gasteiger partial charge in [-0.05, 0) is 36.2 Å². The minimum Gasteiger partial charge on any atom is -0.508 e. The second-order valence-electron chi connectivity index (χ2n) is 4.86. The monoisotopic (exact) mass is 267 g/mol. The molecule has 1 aliphatic rings. The summed E-state index contributed by atoms with van der Waals surface area (Å²) in [6.07, 6.45) is 0. The number of imide groups is 1. The highest BCUT2D eigenvalue weighted by Gasteiger charge is 2.34. The Morgan fingerprint density at radius 1 is 1.00 bits per heavy atom. The predicted octanol–water partition coefficient (Wildman–Crippen LogP) is 2.50. The third-order valence-electron chi connectivity index (χ3n) is 3.48. The minimum absolute atomic E-state index is 0.205. The molecule has 4 nitrogen and oxygen atoms in total. The van der Waals surface area contributed by atoms with Gasteiger partial charge < -0.3 is 5.11 Å². The number of benzene rings is 2. The quantitative estimate of drug-likeness (QED) is 0.850. The van der Waals surface area contributed by atoms with E-state index in [-0.39, 0.29) is 24.1 Å². The van der Waals surface area contributed by atoms with Crippen LogP contribution in [0.2, 0.25) is 0 Å². The van der Waals surface area contributed by atoms with Gasteiger partial charge in [-0.2, -0.15) is 0 Å². The molecule has 1 aliphatic heterocycles. The Morgan fingerprint density at radius 2 is 1.60 bits per heavy atom. The van der Waals surface area contributed by atoms with Crippen LogP contribution < -0.4 is 0 Å². The van der Waals surface area contributed by atoms with Gasteiger partial charge >= 0.3 is 0 Å². The highest BCUT2D eigenvalue weighted by Crippen LogP contribution is 2.25. The normalized spacial score (nSPS) is 13.8.